The van der Waals surface area contributed by atoms with E-state index in [1.165, 1.54) is 0 Å². The summed E-state index contributed by atoms with van der Waals surface area (Å²) in [7, 11) is -3.31. The van der Waals surface area contributed by atoms with Crippen LogP contribution in [0.5, 0.6) is 0 Å². The molecule has 4 heteroatoms. The molecule has 1 aliphatic rings. The highest BCUT2D eigenvalue weighted by atomic mass is 32.2. The second-order valence-electron chi connectivity index (χ2n) is 6.03. The van der Waals surface area contributed by atoms with E-state index >= 15 is 0 Å². The minimum atomic E-state index is -3.31. The van der Waals surface area contributed by atoms with Gasteiger partial charge in [-0.15, -0.1) is 0 Å². The first-order valence-electron chi connectivity index (χ1n) is 7.51. The van der Waals surface area contributed by atoms with Crippen LogP contribution in [0.1, 0.15) is 44.6 Å². The molecule has 0 heterocycles. The van der Waals surface area contributed by atoms with E-state index in [1.807, 2.05) is 13.0 Å². The molecule has 1 aromatic rings. The van der Waals surface area contributed by atoms with E-state index in [0.717, 1.165) is 31.2 Å². The summed E-state index contributed by atoms with van der Waals surface area (Å²) in [6, 6.07) is 6.94. The van der Waals surface area contributed by atoms with Gasteiger partial charge in [-0.3, -0.25) is 0 Å². The van der Waals surface area contributed by atoms with Crippen molar-refractivity contribution in [2.24, 2.45) is 11.7 Å². The van der Waals surface area contributed by atoms with Crippen molar-refractivity contribution in [3.8, 4) is 0 Å². The largest absolute Gasteiger partial charge is 0.327 e. The van der Waals surface area contributed by atoms with Gasteiger partial charge >= 0.3 is 0 Å². The molecular weight excluding hydrogens is 270 g/mol. The Kier molecular flexibility index (Phi) is 4.86. The molecular formula is C16H25NO2S. The molecule has 0 amide bonds. The number of benzene rings is 1. The van der Waals surface area contributed by atoms with Crippen LogP contribution in [-0.4, -0.2) is 19.7 Å². The summed E-state index contributed by atoms with van der Waals surface area (Å²) in [6.45, 7) is 4.07. The third-order valence-electron chi connectivity index (χ3n) is 4.36. The van der Waals surface area contributed by atoms with Crippen LogP contribution in [0.15, 0.2) is 29.2 Å². The molecule has 1 saturated carbocycles. The van der Waals surface area contributed by atoms with Crippen LogP contribution in [-0.2, 0) is 9.84 Å². The molecule has 0 aromatic heterocycles. The molecule has 2 rings (SSSR count). The minimum Gasteiger partial charge on any atom is -0.327 e. The van der Waals surface area contributed by atoms with Crippen LogP contribution in [0, 0.1) is 12.8 Å². The highest BCUT2D eigenvalue weighted by Crippen LogP contribution is 2.33. The van der Waals surface area contributed by atoms with Crippen molar-refractivity contribution < 1.29 is 8.42 Å². The standard InChI is InChI=1S/C16H25NO2S/c1-3-5-13-8-9-15(17)16(11-13)20(18,19)14-7-4-6-12(2)10-14/h4,6-7,10,13,15-16H,3,5,8-9,11,17H2,1-2H3. The van der Waals surface area contributed by atoms with Crippen LogP contribution in [0.3, 0.4) is 0 Å². The molecule has 0 bridgehead atoms. The SMILES string of the molecule is CCCC1CCC(N)C(S(=O)(=O)c2cccc(C)c2)C1. The molecule has 2 N–H and O–H groups in total. The van der Waals surface area contributed by atoms with Gasteiger partial charge in [-0.05, 0) is 49.8 Å². The molecule has 0 radical (unpaired) electrons. The first-order valence-corrected chi connectivity index (χ1v) is 9.06. The molecule has 3 nitrogen and oxygen atoms in total. The molecule has 0 spiro atoms. The summed E-state index contributed by atoms with van der Waals surface area (Å²) < 4.78 is 25.6. The van der Waals surface area contributed by atoms with Gasteiger partial charge in [0.2, 0.25) is 0 Å². The smallest absolute Gasteiger partial charge is 0.182 e. The van der Waals surface area contributed by atoms with Gasteiger partial charge in [-0.1, -0.05) is 31.9 Å². The molecule has 112 valence electrons. The Balaban J connectivity index is 2.27. The topological polar surface area (TPSA) is 60.2 Å². The summed E-state index contributed by atoms with van der Waals surface area (Å²) in [4.78, 5) is 0.426. The van der Waals surface area contributed by atoms with Gasteiger partial charge in [0, 0.05) is 6.04 Å². The highest BCUT2D eigenvalue weighted by molar-refractivity contribution is 7.92. The van der Waals surface area contributed by atoms with Crippen LogP contribution in [0.4, 0.5) is 0 Å². The zero-order valence-corrected chi connectivity index (χ0v) is 13.2. The number of nitrogens with two attached hydrogens (primary N) is 1. The molecule has 20 heavy (non-hydrogen) atoms. The normalized spacial score (nSPS) is 27.4. The lowest BCUT2D eigenvalue weighted by molar-refractivity contribution is 0.309. The maximum Gasteiger partial charge on any atom is 0.182 e. The average molecular weight is 295 g/mol. The first-order chi connectivity index (χ1) is 9.45. The van der Waals surface area contributed by atoms with Crippen LogP contribution in [0.25, 0.3) is 0 Å². The van der Waals surface area contributed by atoms with Crippen LogP contribution < -0.4 is 5.73 Å². The Bertz CT molecular complexity index is 553. The second-order valence-corrected chi connectivity index (χ2v) is 8.20. The highest BCUT2D eigenvalue weighted by Gasteiger charge is 2.37. The number of hydrogen-bond acceptors (Lipinski definition) is 3. The third kappa shape index (κ3) is 3.23. The van der Waals surface area contributed by atoms with Crippen molar-refractivity contribution in [1.29, 1.82) is 0 Å². The van der Waals surface area contributed by atoms with E-state index in [9.17, 15) is 8.42 Å². The molecule has 3 atom stereocenters. The number of aryl methyl sites for hydroxylation is 1. The number of rotatable bonds is 4. The Morgan fingerprint density at radius 1 is 1.30 bits per heavy atom. The van der Waals surface area contributed by atoms with Gasteiger partial charge in [0.05, 0.1) is 10.1 Å². The third-order valence-corrected chi connectivity index (χ3v) is 6.62. The Labute approximate surface area is 122 Å². The lowest BCUT2D eigenvalue weighted by atomic mass is 9.83. The van der Waals surface area contributed by atoms with E-state index in [2.05, 4.69) is 6.92 Å². The average Bonchev–Trinajstić information content (AvgIpc) is 2.41. The van der Waals surface area contributed by atoms with Crippen molar-refractivity contribution >= 4 is 9.84 Å². The predicted molar refractivity (Wildman–Crippen MR) is 82.4 cm³/mol. The van der Waals surface area contributed by atoms with Gasteiger partial charge in [-0.25, -0.2) is 8.42 Å². The van der Waals surface area contributed by atoms with Gasteiger partial charge in [0.15, 0.2) is 9.84 Å². The van der Waals surface area contributed by atoms with Crippen molar-refractivity contribution in [2.75, 3.05) is 0 Å². The predicted octanol–water partition coefficient (Wildman–Crippen LogP) is 3.06. The quantitative estimate of drug-likeness (QED) is 0.928. The number of sulfone groups is 1. The van der Waals surface area contributed by atoms with E-state index in [1.54, 1.807) is 18.2 Å². The lowest BCUT2D eigenvalue weighted by Crippen LogP contribution is -2.45. The summed E-state index contributed by atoms with van der Waals surface area (Å²) >= 11 is 0. The summed E-state index contributed by atoms with van der Waals surface area (Å²) in [5.41, 5.74) is 7.09. The Morgan fingerprint density at radius 2 is 2.05 bits per heavy atom. The summed E-state index contributed by atoms with van der Waals surface area (Å²) in [5.74, 6) is 0.504. The van der Waals surface area contributed by atoms with Gasteiger partial charge in [0.25, 0.3) is 0 Å². The fraction of sp³-hybridized carbons (Fsp3) is 0.625. The monoisotopic (exact) mass is 295 g/mol. The Morgan fingerprint density at radius 3 is 2.70 bits per heavy atom. The summed E-state index contributed by atoms with van der Waals surface area (Å²) in [6.07, 6.45) is 4.81. The number of hydrogen-bond donors (Lipinski definition) is 1. The second kappa shape index (κ2) is 6.27. The fourth-order valence-corrected chi connectivity index (χ4v) is 5.32. The zero-order chi connectivity index (χ0) is 14.8. The van der Waals surface area contributed by atoms with E-state index < -0.39 is 15.1 Å². The maximum atomic E-state index is 12.8. The Hall–Kier alpha value is -0.870. The molecule has 3 unspecified atom stereocenters. The lowest BCUT2D eigenvalue weighted by Gasteiger charge is -2.33. The van der Waals surface area contributed by atoms with Gasteiger partial charge in [-0.2, -0.15) is 0 Å². The van der Waals surface area contributed by atoms with Gasteiger partial charge < -0.3 is 5.73 Å². The van der Waals surface area contributed by atoms with Crippen molar-refractivity contribution in [3.63, 3.8) is 0 Å². The molecule has 1 fully saturated rings. The van der Waals surface area contributed by atoms with E-state index in [-0.39, 0.29) is 6.04 Å². The van der Waals surface area contributed by atoms with Gasteiger partial charge in [0.1, 0.15) is 0 Å². The molecule has 0 aliphatic heterocycles. The first kappa shape index (κ1) is 15.5. The van der Waals surface area contributed by atoms with Crippen molar-refractivity contribution in [1.82, 2.24) is 0 Å². The van der Waals surface area contributed by atoms with Crippen molar-refractivity contribution in [3.05, 3.63) is 29.8 Å². The van der Waals surface area contributed by atoms with E-state index in [0.29, 0.717) is 17.2 Å². The fourth-order valence-electron chi connectivity index (χ4n) is 3.23. The summed E-state index contributed by atoms with van der Waals surface area (Å²) in [5, 5.41) is -0.422. The van der Waals surface area contributed by atoms with Crippen LogP contribution in [0.2, 0.25) is 0 Å². The molecule has 0 saturated heterocycles. The van der Waals surface area contributed by atoms with Crippen molar-refractivity contribution in [2.45, 2.75) is 62.1 Å². The van der Waals surface area contributed by atoms with E-state index in [4.69, 9.17) is 5.73 Å². The van der Waals surface area contributed by atoms with Crippen LogP contribution >= 0.6 is 0 Å². The zero-order valence-electron chi connectivity index (χ0n) is 12.4. The maximum absolute atomic E-state index is 12.8. The molecule has 1 aliphatic carbocycles. The minimum absolute atomic E-state index is 0.228. The molecule has 1 aromatic carbocycles.